The molecule has 2 heterocycles. The highest BCUT2D eigenvalue weighted by molar-refractivity contribution is 5.99. The van der Waals surface area contributed by atoms with Gasteiger partial charge in [-0.25, -0.2) is 0 Å². The first-order valence-corrected chi connectivity index (χ1v) is 7.04. The standard InChI is InChI=1S/C15H21N3O/c1-11-4-5-13(14(16)9-11)15(19)18-8-7-17-6-2-3-12(17)10-18/h4-5,9,12H,2-3,6-8,10,16H2,1H3. The molecule has 102 valence electrons. The maximum Gasteiger partial charge on any atom is 0.256 e. The van der Waals surface area contributed by atoms with Crippen molar-refractivity contribution in [2.24, 2.45) is 0 Å². The van der Waals surface area contributed by atoms with Gasteiger partial charge in [-0.05, 0) is 44.0 Å². The average Bonchev–Trinajstić information content (AvgIpc) is 2.85. The van der Waals surface area contributed by atoms with Crippen LogP contribution in [0.5, 0.6) is 0 Å². The first kappa shape index (κ1) is 12.5. The first-order chi connectivity index (χ1) is 9.15. The van der Waals surface area contributed by atoms with Crippen LogP contribution in [0.15, 0.2) is 18.2 Å². The zero-order valence-electron chi connectivity index (χ0n) is 11.4. The van der Waals surface area contributed by atoms with Crippen molar-refractivity contribution in [3.8, 4) is 0 Å². The fourth-order valence-corrected chi connectivity index (χ4v) is 3.22. The second-order valence-corrected chi connectivity index (χ2v) is 5.67. The number of carbonyl (C=O) groups excluding carboxylic acids is 1. The number of anilines is 1. The number of piperazine rings is 1. The van der Waals surface area contributed by atoms with Gasteiger partial charge in [0.1, 0.15) is 0 Å². The lowest BCUT2D eigenvalue weighted by molar-refractivity contribution is 0.0572. The normalized spacial score (nSPS) is 23.4. The lowest BCUT2D eigenvalue weighted by Crippen LogP contribution is -2.52. The van der Waals surface area contributed by atoms with E-state index in [0.29, 0.717) is 17.3 Å². The smallest absolute Gasteiger partial charge is 0.256 e. The van der Waals surface area contributed by atoms with Crippen LogP contribution in [-0.2, 0) is 0 Å². The number of nitrogens with zero attached hydrogens (tertiary/aromatic N) is 2. The van der Waals surface area contributed by atoms with E-state index in [2.05, 4.69) is 4.90 Å². The summed E-state index contributed by atoms with van der Waals surface area (Å²) in [4.78, 5) is 17.0. The van der Waals surface area contributed by atoms with E-state index in [4.69, 9.17) is 5.73 Å². The van der Waals surface area contributed by atoms with Gasteiger partial charge in [-0.2, -0.15) is 0 Å². The van der Waals surface area contributed by atoms with Gasteiger partial charge in [0.25, 0.3) is 5.91 Å². The minimum Gasteiger partial charge on any atom is -0.398 e. The molecule has 2 N–H and O–H groups in total. The predicted molar refractivity (Wildman–Crippen MR) is 76.1 cm³/mol. The Hall–Kier alpha value is -1.55. The highest BCUT2D eigenvalue weighted by Gasteiger charge is 2.33. The molecule has 0 aromatic heterocycles. The molecule has 1 amide bonds. The van der Waals surface area contributed by atoms with Crippen molar-refractivity contribution in [2.75, 3.05) is 31.9 Å². The van der Waals surface area contributed by atoms with Crippen LogP contribution in [0.4, 0.5) is 5.69 Å². The van der Waals surface area contributed by atoms with Crippen LogP contribution in [0.2, 0.25) is 0 Å². The number of carbonyl (C=O) groups is 1. The third-order valence-corrected chi connectivity index (χ3v) is 4.31. The molecular weight excluding hydrogens is 238 g/mol. The third kappa shape index (κ3) is 2.32. The van der Waals surface area contributed by atoms with E-state index in [9.17, 15) is 4.79 Å². The number of amides is 1. The van der Waals surface area contributed by atoms with Gasteiger partial charge in [0.05, 0.1) is 5.56 Å². The van der Waals surface area contributed by atoms with Gasteiger partial charge < -0.3 is 10.6 Å². The average molecular weight is 259 g/mol. The molecule has 3 rings (SSSR count). The SMILES string of the molecule is Cc1ccc(C(=O)N2CCN3CCCC3C2)c(N)c1. The number of hydrogen-bond acceptors (Lipinski definition) is 3. The minimum atomic E-state index is 0.0871. The van der Waals surface area contributed by atoms with Gasteiger partial charge >= 0.3 is 0 Å². The van der Waals surface area contributed by atoms with E-state index in [-0.39, 0.29) is 5.91 Å². The zero-order valence-corrected chi connectivity index (χ0v) is 11.4. The van der Waals surface area contributed by atoms with Crippen molar-refractivity contribution >= 4 is 11.6 Å². The summed E-state index contributed by atoms with van der Waals surface area (Å²) in [5.41, 5.74) is 8.32. The van der Waals surface area contributed by atoms with Crippen LogP contribution < -0.4 is 5.73 Å². The summed E-state index contributed by atoms with van der Waals surface area (Å²) in [6.45, 7) is 5.86. The van der Waals surface area contributed by atoms with Crippen molar-refractivity contribution in [3.63, 3.8) is 0 Å². The fourth-order valence-electron chi connectivity index (χ4n) is 3.22. The molecule has 0 saturated carbocycles. The van der Waals surface area contributed by atoms with E-state index in [1.54, 1.807) is 0 Å². The van der Waals surface area contributed by atoms with E-state index in [1.165, 1.54) is 19.4 Å². The van der Waals surface area contributed by atoms with Crippen LogP contribution in [0.25, 0.3) is 0 Å². The molecule has 2 aliphatic heterocycles. The summed E-state index contributed by atoms with van der Waals surface area (Å²) < 4.78 is 0. The number of benzene rings is 1. The van der Waals surface area contributed by atoms with Gasteiger partial charge in [-0.3, -0.25) is 9.69 Å². The van der Waals surface area contributed by atoms with Gasteiger partial charge in [0.2, 0.25) is 0 Å². The molecule has 1 aromatic rings. The molecular formula is C15H21N3O. The Labute approximate surface area is 114 Å². The largest absolute Gasteiger partial charge is 0.398 e. The van der Waals surface area contributed by atoms with Crippen molar-refractivity contribution in [2.45, 2.75) is 25.8 Å². The van der Waals surface area contributed by atoms with Crippen molar-refractivity contribution in [1.29, 1.82) is 0 Å². The summed E-state index contributed by atoms with van der Waals surface area (Å²) >= 11 is 0. The number of nitrogen functional groups attached to an aromatic ring is 1. The second kappa shape index (κ2) is 4.85. The summed E-state index contributed by atoms with van der Waals surface area (Å²) in [6, 6.07) is 6.24. The number of hydrogen-bond donors (Lipinski definition) is 1. The number of rotatable bonds is 1. The Morgan fingerprint density at radius 3 is 2.95 bits per heavy atom. The Kier molecular flexibility index (Phi) is 3.19. The summed E-state index contributed by atoms with van der Waals surface area (Å²) in [5, 5.41) is 0. The predicted octanol–water partition coefficient (Wildman–Crippen LogP) is 1.50. The molecule has 0 aliphatic carbocycles. The first-order valence-electron chi connectivity index (χ1n) is 7.04. The van der Waals surface area contributed by atoms with Crippen LogP contribution in [-0.4, -0.2) is 47.9 Å². The molecule has 4 heteroatoms. The Morgan fingerprint density at radius 1 is 1.32 bits per heavy atom. The summed E-state index contributed by atoms with van der Waals surface area (Å²) in [7, 11) is 0. The monoisotopic (exact) mass is 259 g/mol. The molecule has 2 fully saturated rings. The molecule has 19 heavy (non-hydrogen) atoms. The van der Waals surface area contributed by atoms with Gasteiger partial charge in [-0.1, -0.05) is 6.07 Å². The fraction of sp³-hybridized carbons (Fsp3) is 0.533. The maximum atomic E-state index is 12.5. The number of fused-ring (bicyclic) bond motifs is 1. The van der Waals surface area contributed by atoms with Gasteiger partial charge in [-0.15, -0.1) is 0 Å². The lowest BCUT2D eigenvalue weighted by Gasteiger charge is -2.37. The van der Waals surface area contributed by atoms with Crippen LogP contribution in [0.1, 0.15) is 28.8 Å². The summed E-state index contributed by atoms with van der Waals surface area (Å²) in [5.74, 6) is 0.0871. The topological polar surface area (TPSA) is 49.6 Å². The second-order valence-electron chi connectivity index (χ2n) is 5.67. The van der Waals surface area contributed by atoms with Crippen LogP contribution in [0, 0.1) is 6.92 Å². The summed E-state index contributed by atoms with van der Waals surface area (Å²) in [6.07, 6.45) is 2.48. The lowest BCUT2D eigenvalue weighted by atomic mass is 10.1. The Balaban J connectivity index is 1.76. The van der Waals surface area contributed by atoms with Crippen molar-refractivity contribution in [1.82, 2.24) is 9.80 Å². The third-order valence-electron chi connectivity index (χ3n) is 4.31. The minimum absolute atomic E-state index is 0.0871. The van der Waals surface area contributed by atoms with E-state index in [0.717, 1.165) is 25.2 Å². The van der Waals surface area contributed by atoms with Crippen LogP contribution >= 0.6 is 0 Å². The highest BCUT2D eigenvalue weighted by Crippen LogP contribution is 2.24. The molecule has 1 unspecified atom stereocenters. The van der Waals surface area contributed by atoms with E-state index >= 15 is 0 Å². The quantitative estimate of drug-likeness (QED) is 0.778. The Morgan fingerprint density at radius 2 is 2.16 bits per heavy atom. The molecule has 1 aromatic carbocycles. The van der Waals surface area contributed by atoms with Gasteiger partial charge in [0.15, 0.2) is 0 Å². The molecule has 0 bridgehead atoms. The van der Waals surface area contributed by atoms with Crippen molar-refractivity contribution < 1.29 is 4.79 Å². The van der Waals surface area contributed by atoms with Crippen LogP contribution in [0.3, 0.4) is 0 Å². The number of nitrogens with two attached hydrogens (primary N) is 1. The molecule has 0 radical (unpaired) electrons. The zero-order chi connectivity index (χ0) is 13.4. The molecule has 0 spiro atoms. The maximum absolute atomic E-state index is 12.5. The van der Waals surface area contributed by atoms with E-state index in [1.807, 2.05) is 30.0 Å². The van der Waals surface area contributed by atoms with Crippen molar-refractivity contribution in [3.05, 3.63) is 29.3 Å². The highest BCUT2D eigenvalue weighted by atomic mass is 16.2. The molecule has 1 atom stereocenters. The van der Waals surface area contributed by atoms with Gasteiger partial charge in [0, 0.05) is 31.4 Å². The molecule has 2 saturated heterocycles. The molecule has 2 aliphatic rings. The number of aryl methyl sites for hydroxylation is 1. The molecule has 4 nitrogen and oxygen atoms in total. The Bertz CT molecular complexity index is 500. The van der Waals surface area contributed by atoms with E-state index < -0.39 is 0 Å².